The average molecular weight is 498 g/mol. The first kappa shape index (κ1) is 24.5. The number of hydrogen-bond acceptors (Lipinski definition) is 4. The van der Waals surface area contributed by atoms with Crippen LogP contribution in [0, 0.1) is 5.82 Å². The highest BCUT2D eigenvalue weighted by atomic mass is 19.4. The molecule has 4 rings (SSSR count). The number of nitrogens with zero attached hydrogens (tertiary/aromatic N) is 2. The van der Waals surface area contributed by atoms with Crippen LogP contribution in [0.3, 0.4) is 0 Å². The first-order chi connectivity index (χ1) is 17.2. The Morgan fingerprint density at radius 1 is 0.917 bits per heavy atom. The highest BCUT2D eigenvalue weighted by molar-refractivity contribution is 6.06. The van der Waals surface area contributed by atoms with Crippen molar-refractivity contribution in [1.29, 1.82) is 0 Å². The summed E-state index contributed by atoms with van der Waals surface area (Å²) in [4.78, 5) is 25.2. The van der Waals surface area contributed by atoms with Gasteiger partial charge in [-0.25, -0.2) is 9.07 Å². The maximum atomic E-state index is 13.8. The molecule has 0 aliphatic heterocycles. The summed E-state index contributed by atoms with van der Waals surface area (Å²) >= 11 is 0. The standard InChI is InChI=1S/C25H18F4N4O3/c1-36-21-14-33(18-5-3-2-4-6-18)32-22(21)24(35)31-20-12-11-17(13-19(20)25(27,28)29)30-23(34)15-7-9-16(26)10-8-15/h2-14H,1H3,(H,30,34)(H,31,35). The number of anilines is 2. The maximum absolute atomic E-state index is 13.8. The van der Waals surface area contributed by atoms with Crippen molar-refractivity contribution < 1.29 is 31.9 Å². The number of para-hydroxylation sites is 1. The van der Waals surface area contributed by atoms with Gasteiger partial charge < -0.3 is 15.4 Å². The molecule has 1 heterocycles. The molecule has 2 amide bonds. The van der Waals surface area contributed by atoms with Gasteiger partial charge in [0, 0.05) is 11.3 Å². The average Bonchev–Trinajstić information content (AvgIpc) is 3.30. The van der Waals surface area contributed by atoms with E-state index in [1.54, 1.807) is 30.3 Å². The highest BCUT2D eigenvalue weighted by Crippen LogP contribution is 2.37. The molecule has 0 spiro atoms. The normalized spacial score (nSPS) is 11.1. The number of carbonyl (C=O) groups excluding carboxylic acids is 2. The first-order valence-electron chi connectivity index (χ1n) is 10.4. The predicted octanol–water partition coefficient (Wildman–Crippen LogP) is 5.54. The molecule has 36 heavy (non-hydrogen) atoms. The van der Waals surface area contributed by atoms with E-state index in [0.717, 1.165) is 18.2 Å². The van der Waals surface area contributed by atoms with Gasteiger partial charge in [-0.3, -0.25) is 9.59 Å². The number of nitrogens with one attached hydrogen (secondary N) is 2. The Morgan fingerprint density at radius 2 is 1.61 bits per heavy atom. The van der Waals surface area contributed by atoms with Gasteiger partial charge >= 0.3 is 6.18 Å². The molecule has 0 saturated carbocycles. The molecule has 0 atom stereocenters. The van der Waals surface area contributed by atoms with E-state index in [1.165, 1.54) is 36.2 Å². The Labute approximate surface area is 202 Å². The summed E-state index contributed by atoms with van der Waals surface area (Å²) in [5, 5.41) is 8.71. The van der Waals surface area contributed by atoms with Crippen LogP contribution in [0.15, 0.2) is 79.0 Å². The van der Waals surface area contributed by atoms with E-state index >= 15 is 0 Å². The Hall–Kier alpha value is -4.67. The number of alkyl halides is 3. The van der Waals surface area contributed by atoms with Crippen LogP contribution in [0.1, 0.15) is 26.4 Å². The van der Waals surface area contributed by atoms with Gasteiger partial charge in [-0.1, -0.05) is 18.2 Å². The van der Waals surface area contributed by atoms with Gasteiger partial charge in [0.1, 0.15) is 5.82 Å². The molecule has 0 unspecified atom stereocenters. The Morgan fingerprint density at radius 3 is 2.25 bits per heavy atom. The number of amides is 2. The molecule has 4 aromatic rings. The fraction of sp³-hybridized carbons (Fsp3) is 0.0800. The van der Waals surface area contributed by atoms with Crippen LogP contribution >= 0.6 is 0 Å². The Balaban J connectivity index is 1.60. The SMILES string of the molecule is COc1cn(-c2ccccc2)nc1C(=O)Nc1ccc(NC(=O)c2ccc(F)cc2)cc1C(F)(F)F. The largest absolute Gasteiger partial charge is 0.493 e. The Bertz CT molecular complexity index is 1400. The molecule has 0 aliphatic rings. The van der Waals surface area contributed by atoms with E-state index in [4.69, 9.17) is 4.74 Å². The predicted molar refractivity (Wildman–Crippen MR) is 124 cm³/mol. The molecule has 0 bridgehead atoms. The Kier molecular flexibility index (Phi) is 6.73. The van der Waals surface area contributed by atoms with Crippen molar-refractivity contribution in [2.45, 2.75) is 6.18 Å². The van der Waals surface area contributed by atoms with Gasteiger partial charge in [-0.05, 0) is 54.6 Å². The second kappa shape index (κ2) is 9.90. The topological polar surface area (TPSA) is 85.2 Å². The van der Waals surface area contributed by atoms with E-state index in [0.29, 0.717) is 11.8 Å². The minimum absolute atomic E-state index is 0.0587. The summed E-state index contributed by atoms with van der Waals surface area (Å²) in [5.41, 5.74) is -1.43. The molecule has 0 radical (unpaired) electrons. The van der Waals surface area contributed by atoms with E-state index < -0.39 is 35.1 Å². The number of rotatable bonds is 6. The first-order valence-corrected chi connectivity index (χ1v) is 10.4. The van der Waals surface area contributed by atoms with E-state index in [9.17, 15) is 27.2 Å². The molecule has 0 aliphatic carbocycles. The monoisotopic (exact) mass is 498 g/mol. The zero-order valence-corrected chi connectivity index (χ0v) is 18.6. The second-order valence-corrected chi connectivity index (χ2v) is 7.50. The fourth-order valence-electron chi connectivity index (χ4n) is 3.33. The number of hydrogen-bond donors (Lipinski definition) is 2. The van der Waals surface area contributed by atoms with Gasteiger partial charge in [-0.15, -0.1) is 0 Å². The van der Waals surface area contributed by atoms with Crippen LogP contribution in [0.2, 0.25) is 0 Å². The summed E-state index contributed by atoms with van der Waals surface area (Å²) in [5.74, 6) is -2.14. The number of carbonyl (C=O) groups is 2. The minimum Gasteiger partial charge on any atom is -0.493 e. The smallest absolute Gasteiger partial charge is 0.418 e. The zero-order chi connectivity index (χ0) is 25.9. The third-order valence-electron chi connectivity index (χ3n) is 5.07. The van der Waals surface area contributed by atoms with Crippen LogP contribution in [0.5, 0.6) is 5.75 Å². The number of ether oxygens (including phenoxy) is 1. The van der Waals surface area contributed by atoms with Gasteiger partial charge in [-0.2, -0.15) is 18.3 Å². The molecular weight excluding hydrogens is 480 g/mol. The summed E-state index contributed by atoms with van der Waals surface area (Å²) in [7, 11) is 1.31. The van der Waals surface area contributed by atoms with Crippen molar-refractivity contribution in [2.24, 2.45) is 0 Å². The molecule has 11 heteroatoms. The second-order valence-electron chi connectivity index (χ2n) is 7.50. The lowest BCUT2D eigenvalue weighted by Gasteiger charge is -2.15. The van der Waals surface area contributed by atoms with E-state index in [1.807, 2.05) is 0 Å². The van der Waals surface area contributed by atoms with Crippen molar-refractivity contribution >= 4 is 23.2 Å². The van der Waals surface area contributed by atoms with Crippen molar-refractivity contribution in [1.82, 2.24) is 9.78 Å². The summed E-state index contributed by atoms with van der Waals surface area (Å²) < 4.78 is 61.0. The van der Waals surface area contributed by atoms with Crippen LogP contribution < -0.4 is 15.4 Å². The lowest BCUT2D eigenvalue weighted by molar-refractivity contribution is -0.136. The molecule has 2 N–H and O–H groups in total. The van der Waals surface area contributed by atoms with E-state index in [-0.39, 0.29) is 22.7 Å². The lowest BCUT2D eigenvalue weighted by Crippen LogP contribution is -2.19. The van der Waals surface area contributed by atoms with Crippen molar-refractivity contribution in [2.75, 3.05) is 17.7 Å². The van der Waals surface area contributed by atoms with Gasteiger partial charge in [0.25, 0.3) is 11.8 Å². The zero-order valence-electron chi connectivity index (χ0n) is 18.6. The van der Waals surface area contributed by atoms with Crippen LogP contribution in [-0.2, 0) is 6.18 Å². The summed E-state index contributed by atoms with van der Waals surface area (Å²) in [6.07, 6.45) is -3.42. The molecule has 0 saturated heterocycles. The minimum atomic E-state index is -4.85. The molecule has 1 aromatic heterocycles. The lowest BCUT2D eigenvalue weighted by atomic mass is 10.1. The third kappa shape index (κ3) is 5.35. The summed E-state index contributed by atoms with van der Waals surface area (Å²) in [6.45, 7) is 0. The van der Waals surface area contributed by atoms with Gasteiger partial charge in [0.05, 0.1) is 30.2 Å². The van der Waals surface area contributed by atoms with Crippen LogP contribution in [-0.4, -0.2) is 28.7 Å². The van der Waals surface area contributed by atoms with E-state index in [2.05, 4.69) is 15.7 Å². The molecule has 0 fully saturated rings. The summed E-state index contributed by atoms with van der Waals surface area (Å²) in [6, 6.07) is 16.2. The van der Waals surface area contributed by atoms with Gasteiger partial charge in [0.2, 0.25) is 0 Å². The molecular formula is C25H18F4N4O3. The number of methoxy groups -OCH3 is 1. The van der Waals surface area contributed by atoms with Crippen LogP contribution in [0.4, 0.5) is 28.9 Å². The quantitative estimate of drug-likeness (QED) is 0.342. The molecule has 184 valence electrons. The molecule has 7 nitrogen and oxygen atoms in total. The number of halogens is 4. The fourth-order valence-corrected chi connectivity index (χ4v) is 3.33. The van der Waals surface area contributed by atoms with Crippen molar-refractivity contribution in [3.05, 3.63) is 102 Å². The maximum Gasteiger partial charge on any atom is 0.418 e. The van der Waals surface area contributed by atoms with Crippen LogP contribution in [0.25, 0.3) is 5.69 Å². The highest BCUT2D eigenvalue weighted by Gasteiger charge is 2.35. The molecule has 3 aromatic carbocycles. The number of benzene rings is 3. The third-order valence-corrected chi connectivity index (χ3v) is 5.07. The van der Waals surface area contributed by atoms with Gasteiger partial charge in [0.15, 0.2) is 11.4 Å². The van der Waals surface area contributed by atoms with Crippen molar-refractivity contribution in [3.63, 3.8) is 0 Å². The van der Waals surface area contributed by atoms with Crippen molar-refractivity contribution in [3.8, 4) is 11.4 Å². The number of aromatic nitrogens is 2.